The van der Waals surface area contributed by atoms with Crippen LogP contribution in [0.5, 0.6) is 11.5 Å². The van der Waals surface area contributed by atoms with Crippen LogP contribution < -0.4 is 9.47 Å². The number of ketones is 1. The van der Waals surface area contributed by atoms with E-state index in [1.165, 1.54) is 6.07 Å². The van der Waals surface area contributed by atoms with Crippen LogP contribution in [0.1, 0.15) is 31.8 Å². The van der Waals surface area contributed by atoms with Crippen LogP contribution in [0, 0.1) is 6.92 Å². The van der Waals surface area contributed by atoms with E-state index >= 15 is 0 Å². The Hall–Kier alpha value is -2.79. The van der Waals surface area contributed by atoms with Gasteiger partial charge in [0, 0.05) is 11.1 Å². The zero-order valence-corrected chi connectivity index (χ0v) is 17.8. The second-order valence-electron chi connectivity index (χ2n) is 6.62. The van der Waals surface area contributed by atoms with Crippen LogP contribution >= 0.6 is 34.8 Å². The summed E-state index contributed by atoms with van der Waals surface area (Å²) in [5.74, 6) is -0.0567. The van der Waals surface area contributed by atoms with E-state index in [2.05, 4.69) is 0 Å². The minimum atomic E-state index is -0.540. The van der Waals surface area contributed by atoms with Crippen LogP contribution in [-0.4, -0.2) is 11.8 Å². The van der Waals surface area contributed by atoms with E-state index < -0.39 is 5.97 Å². The van der Waals surface area contributed by atoms with Crippen molar-refractivity contribution in [2.24, 2.45) is 0 Å². The fourth-order valence-corrected chi connectivity index (χ4v) is 3.47. The number of esters is 1. The van der Waals surface area contributed by atoms with E-state index in [0.29, 0.717) is 43.1 Å². The van der Waals surface area contributed by atoms with Crippen molar-refractivity contribution in [2.45, 2.75) is 6.92 Å². The molecule has 0 amide bonds. The van der Waals surface area contributed by atoms with Gasteiger partial charge in [-0.3, -0.25) is 4.79 Å². The first-order valence-corrected chi connectivity index (χ1v) is 9.97. The second-order valence-corrected chi connectivity index (χ2v) is 7.87. The number of benzene rings is 3. The molecule has 0 N–H and O–H groups in total. The number of Topliss-reactive ketones (excluding diaryl/α,β-unsaturated/α-hetero) is 1. The summed E-state index contributed by atoms with van der Waals surface area (Å²) in [5.41, 5.74) is 2.09. The zero-order valence-electron chi connectivity index (χ0n) is 15.5. The number of hydrogen-bond acceptors (Lipinski definition) is 4. The number of carbonyl (C=O) groups excluding carboxylic acids is 2. The maximum atomic E-state index is 12.8. The maximum Gasteiger partial charge on any atom is 0.343 e. The smallest absolute Gasteiger partial charge is 0.343 e. The molecule has 0 unspecified atom stereocenters. The van der Waals surface area contributed by atoms with Gasteiger partial charge in [0.1, 0.15) is 11.5 Å². The van der Waals surface area contributed by atoms with E-state index in [-0.39, 0.29) is 17.3 Å². The summed E-state index contributed by atoms with van der Waals surface area (Å²) in [6.07, 6.45) is 1.59. The van der Waals surface area contributed by atoms with Crippen molar-refractivity contribution in [3.8, 4) is 11.5 Å². The summed E-state index contributed by atoms with van der Waals surface area (Å²) in [6.45, 7) is 1.75. The van der Waals surface area contributed by atoms with Crippen LogP contribution in [0.2, 0.25) is 15.1 Å². The Kier molecular flexibility index (Phi) is 5.56. The quantitative estimate of drug-likeness (QED) is 0.246. The molecule has 0 radical (unpaired) electrons. The fourth-order valence-electron chi connectivity index (χ4n) is 3.04. The lowest BCUT2D eigenvalue weighted by molar-refractivity contribution is 0.0734. The molecule has 1 aliphatic rings. The molecule has 3 aromatic carbocycles. The lowest BCUT2D eigenvalue weighted by Crippen LogP contribution is -2.08. The van der Waals surface area contributed by atoms with Crippen molar-refractivity contribution in [3.63, 3.8) is 0 Å². The molecule has 0 saturated heterocycles. The summed E-state index contributed by atoms with van der Waals surface area (Å²) in [5, 5.41) is 1.32. The van der Waals surface area contributed by atoms with Crippen molar-refractivity contribution >= 4 is 52.6 Å². The first kappa shape index (κ1) is 20.5. The molecule has 0 spiro atoms. The van der Waals surface area contributed by atoms with Gasteiger partial charge in [-0.05, 0) is 66.6 Å². The predicted molar refractivity (Wildman–Crippen MR) is 117 cm³/mol. The Morgan fingerprint density at radius 3 is 2.40 bits per heavy atom. The Morgan fingerprint density at radius 1 is 0.967 bits per heavy atom. The third-order valence-corrected chi connectivity index (χ3v) is 5.47. The highest BCUT2D eigenvalue weighted by molar-refractivity contribution is 6.42. The Bertz CT molecular complexity index is 1210. The van der Waals surface area contributed by atoms with Crippen LogP contribution in [-0.2, 0) is 0 Å². The fraction of sp³-hybridized carbons (Fsp3) is 0.0435. The molecular formula is C23H13Cl3O4. The van der Waals surface area contributed by atoms with Gasteiger partial charge in [-0.15, -0.1) is 0 Å². The summed E-state index contributed by atoms with van der Waals surface area (Å²) in [4.78, 5) is 25.1. The number of halogens is 3. The van der Waals surface area contributed by atoms with E-state index in [1.807, 2.05) is 0 Å². The molecule has 1 aliphatic heterocycles. The third-order valence-electron chi connectivity index (χ3n) is 4.48. The number of aryl methyl sites for hydroxylation is 1. The van der Waals surface area contributed by atoms with E-state index in [9.17, 15) is 9.59 Å². The topological polar surface area (TPSA) is 52.6 Å². The molecule has 0 fully saturated rings. The molecule has 4 rings (SSSR count). The molecule has 0 saturated carbocycles. The minimum Gasteiger partial charge on any atom is -0.452 e. The highest BCUT2D eigenvalue weighted by atomic mass is 35.5. The van der Waals surface area contributed by atoms with Gasteiger partial charge in [0.05, 0.1) is 21.2 Å². The van der Waals surface area contributed by atoms with Gasteiger partial charge in [-0.25, -0.2) is 4.79 Å². The van der Waals surface area contributed by atoms with Crippen LogP contribution in [0.15, 0.2) is 60.4 Å². The van der Waals surface area contributed by atoms with Gasteiger partial charge < -0.3 is 9.47 Å². The number of hydrogen-bond donors (Lipinski definition) is 0. The largest absolute Gasteiger partial charge is 0.452 e. The predicted octanol–water partition coefficient (Wildman–Crippen LogP) is 6.79. The van der Waals surface area contributed by atoms with Crippen LogP contribution in [0.3, 0.4) is 0 Å². The molecule has 1 heterocycles. The highest BCUT2D eigenvalue weighted by Crippen LogP contribution is 2.38. The first-order chi connectivity index (χ1) is 14.3. The van der Waals surface area contributed by atoms with Crippen LogP contribution in [0.4, 0.5) is 0 Å². The van der Waals surface area contributed by atoms with Gasteiger partial charge in [0.2, 0.25) is 5.78 Å². The van der Waals surface area contributed by atoms with E-state index in [0.717, 1.165) is 0 Å². The minimum absolute atomic E-state index is 0.146. The average molecular weight is 460 g/mol. The first-order valence-electron chi connectivity index (χ1n) is 8.83. The van der Waals surface area contributed by atoms with Gasteiger partial charge in [-0.2, -0.15) is 0 Å². The Balaban J connectivity index is 1.60. The Labute approximate surface area is 187 Å². The second kappa shape index (κ2) is 8.15. The highest BCUT2D eigenvalue weighted by Gasteiger charge is 2.30. The molecule has 4 nitrogen and oxygen atoms in total. The molecular weight excluding hydrogens is 447 g/mol. The SMILES string of the molecule is Cc1cc(OC(=O)c2ccc(Cl)cc2)cc2c1C(=O)/C(=C/c1ccc(Cl)c(Cl)c1)O2. The molecule has 0 aliphatic carbocycles. The van der Waals surface area contributed by atoms with Crippen LogP contribution in [0.25, 0.3) is 6.08 Å². The number of fused-ring (bicyclic) bond motifs is 1. The molecule has 0 bridgehead atoms. The standard InChI is InChI=1S/C23H13Cl3O4/c1-12-8-16(29-23(28)14-3-5-15(24)6-4-14)11-19-21(12)22(27)20(30-19)10-13-2-7-17(25)18(26)9-13/h2-11H,1H3/b20-10-. The van der Waals surface area contributed by atoms with Gasteiger partial charge in [0.25, 0.3) is 0 Å². The van der Waals surface area contributed by atoms with Crippen molar-refractivity contribution in [3.05, 3.63) is 97.7 Å². The number of rotatable bonds is 3. The summed E-state index contributed by atoms with van der Waals surface area (Å²) < 4.78 is 11.2. The normalized spacial score (nSPS) is 13.9. The molecule has 7 heteroatoms. The number of ether oxygens (including phenoxy) is 2. The molecule has 0 atom stereocenters. The summed E-state index contributed by atoms with van der Waals surface area (Å²) in [6, 6.07) is 14.5. The summed E-state index contributed by atoms with van der Waals surface area (Å²) in [7, 11) is 0. The third kappa shape index (κ3) is 4.08. The lowest BCUT2D eigenvalue weighted by Gasteiger charge is -2.08. The molecule has 30 heavy (non-hydrogen) atoms. The van der Waals surface area contributed by atoms with Gasteiger partial charge in [-0.1, -0.05) is 40.9 Å². The van der Waals surface area contributed by atoms with Crippen molar-refractivity contribution < 1.29 is 19.1 Å². The summed E-state index contributed by atoms with van der Waals surface area (Å²) >= 11 is 17.8. The number of allylic oxidation sites excluding steroid dienone is 1. The average Bonchev–Trinajstić information content (AvgIpc) is 3.01. The molecule has 3 aromatic rings. The van der Waals surface area contributed by atoms with Crippen molar-refractivity contribution in [1.29, 1.82) is 0 Å². The zero-order chi connectivity index (χ0) is 21.4. The van der Waals surface area contributed by atoms with Crippen molar-refractivity contribution in [1.82, 2.24) is 0 Å². The Morgan fingerprint density at radius 2 is 1.70 bits per heavy atom. The van der Waals surface area contributed by atoms with Gasteiger partial charge in [0.15, 0.2) is 5.76 Å². The monoisotopic (exact) mass is 458 g/mol. The van der Waals surface area contributed by atoms with E-state index in [1.54, 1.807) is 61.5 Å². The van der Waals surface area contributed by atoms with E-state index in [4.69, 9.17) is 44.3 Å². The molecule has 0 aromatic heterocycles. The maximum absolute atomic E-state index is 12.8. The lowest BCUT2D eigenvalue weighted by atomic mass is 10.0. The number of carbonyl (C=O) groups is 2. The van der Waals surface area contributed by atoms with Gasteiger partial charge >= 0.3 is 5.97 Å². The molecule has 150 valence electrons. The van der Waals surface area contributed by atoms with Crippen molar-refractivity contribution in [2.75, 3.05) is 0 Å².